The molecular weight excluding hydrogens is 363 g/mol. The molecule has 0 fully saturated rings. The van der Waals surface area contributed by atoms with Crippen LogP contribution in [0.1, 0.15) is 13.8 Å². The number of rotatable bonds is 0. The number of carboxylic acid groups (broad SMARTS) is 1. The van der Waals surface area contributed by atoms with E-state index in [1.54, 1.807) is 24.5 Å². The van der Waals surface area contributed by atoms with Crippen LogP contribution < -0.4 is 5.36 Å². The Morgan fingerprint density at radius 1 is 1.10 bits per heavy atom. The summed E-state index contributed by atoms with van der Waals surface area (Å²) < 4.78 is 0. The second-order valence-corrected chi connectivity index (χ2v) is 3.51. The number of carboxylic acids is 1. The van der Waals surface area contributed by atoms with Crippen LogP contribution in [-0.4, -0.2) is 22.0 Å². The first kappa shape index (κ1) is 21.3. The molecule has 0 saturated heterocycles. The van der Waals surface area contributed by atoms with Crippen LogP contribution in [0.15, 0.2) is 65.9 Å². The van der Waals surface area contributed by atoms with E-state index >= 15 is 0 Å². The third kappa shape index (κ3) is 18.0. The van der Waals surface area contributed by atoms with Crippen molar-refractivity contribution in [2.75, 3.05) is 0 Å². The van der Waals surface area contributed by atoms with Crippen molar-refractivity contribution < 1.29 is 35.1 Å². The summed E-state index contributed by atoms with van der Waals surface area (Å²) in [5.74, 6) is -0.994. The Labute approximate surface area is 137 Å². The second kappa shape index (κ2) is 14.4. The average Bonchev–Trinajstić information content (AvgIpc) is 2.41. The number of hydrogen-bond acceptors (Lipinski definition) is 3. The summed E-state index contributed by atoms with van der Waals surface area (Å²) >= 11 is 0. The summed E-state index contributed by atoms with van der Waals surface area (Å²) in [6.45, 7) is 2.52. The molecule has 0 bridgehead atoms. The number of para-hydroxylation sites is 1. The van der Waals surface area contributed by atoms with Crippen molar-refractivity contribution in [3.8, 4) is 0 Å². The maximum absolute atomic E-state index is 10.4. The van der Waals surface area contributed by atoms with E-state index in [0.717, 1.165) is 12.3 Å². The van der Waals surface area contributed by atoms with Crippen LogP contribution in [0.2, 0.25) is 0 Å². The van der Waals surface area contributed by atoms with Crippen molar-refractivity contribution >= 4 is 11.9 Å². The van der Waals surface area contributed by atoms with Gasteiger partial charge in [0, 0.05) is 46.7 Å². The minimum atomic E-state index is -0.833. The van der Waals surface area contributed by atoms with E-state index in [4.69, 9.17) is 9.90 Å². The molecule has 1 aromatic heterocycles. The SMILES string of the molecule is CC(=O)N=c1cccc[cH-]1.CC(=O)O.[Pd].c1ccncc1. The topological polar surface area (TPSA) is 79.6 Å². The molecule has 2 aromatic rings. The van der Waals surface area contributed by atoms with Crippen LogP contribution in [0.5, 0.6) is 0 Å². The van der Waals surface area contributed by atoms with Gasteiger partial charge in [-0.3, -0.25) is 14.6 Å². The smallest absolute Gasteiger partial charge is 0.300 e. The summed E-state index contributed by atoms with van der Waals surface area (Å²) in [6.07, 6.45) is 3.50. The molecule has 0 aliphatic carbocycles. The Hall–Kier alpha value is -2.03. The molecule has 1 heterocycles. The standard InChI is InChI=1S/C8H8NO.C5H5N.C2H4O2.Pd/c1-7(10)9-8-5-3-2-4-6-8;1-2-4-6-5-3-1;1-2(3)4;/h2-6H,1H3;1-5H;1H3,(H,3,4);/q-1;;;. The first-order chi connectivity index (χ1) is 9.52. The van der Waals surface area contributed by atoms with E-state index in [1.807, 2.05) is 36.4 Å². The summed E-state index contributed by atoms with van der Waals surface area (Å²) in [6, 6.07) is 14.9. The number of aromatic nitrogens is 1. The zero-order chi connectivity index (χ0) is 15.2. The summed E-state index contributed by atoms with van der Waals surface area (Å²) in [5.41, 5.74) is 0. The molecule has 1 N–H and O–H groups in total. The van der Waals surface area contributed by atoms with Gasteiger partial charge in [-0.05, 0) is 17.5 Å². The van der Waals surface area contributed by atoms with E-state index < -0.39 is 5.97 Å². The minimum absolute atomic E-state index is 0. The molecule has 116 valence electrons. The normalized spacial score (nSPS) is 7.71. The van der Waals surface area contributed by atoms with Gasteiger partial charge < -0.3 is 5.11 Å². The van der Waals surface area contributed by atoms with Crippen molar-refractivity contribution in [2.45, 2.75) is 13.8 Å². The predicted octanol–water partition coefficient (Wildman–Crippen LogP) is 2.02. The molecule has 5 nitrogen and oxygen atoms in total. The Balaban J connectivity index is 0. The number of hydrogen-bond donors (Lipinski definition) is 1. The number of nitrogens with zero attached hydrogens (tertiary/aromatic N) is 2. The molecular formula is C15H17N2O3Pd-. The fraction of sp³-hybridized carbons (Fsp3) is 0.133. The second-order valence-electron chi connectivity index (χ2n) is 3.51. The van der Waals surface area contributed by atoms with Gasteiger partial charge in [-0.25, -0.2) is 4.99 Å². The van der Waals surface area contributed by atoms with Crippen molar-refractivity contribution in [1.82, 2.24) is 4.98 Å². The Bertz CT molecular complexity index is 520. The number of aliphatic carboxylic acids is 1. The van der Waals surface area contributed by atoms with Crippen molar-refractivity contribution in [2.24, 2.45) is 4.99 Å². The largest absolute Gasteiger partial charge is 0.481 e. The van der Waals surface area contributed by atoms with Gasteiger partial charge >= 0.3 is 0 Å². The van der Waals surface area contributed by atoms with Gasteiger partial charge in [0.2, 0.25) is 5.91 Å². The van der Waals surface area contributed by atoms with E-state index in [1.165, 1.54) is 6.92 Å². The minimum Gasteiger partial charge on any atom is -0.481 e. The molecule has 1 amide bonds. The first-order valence-electron chi connectivity index (χ1n) is 5.84. The van der Waals surface area contributed by atoms with Gasteiger partial charge in [0.1, 0.15) is 0 Å². The maximum atomic E-state index is 10.4. The molecule has 21 heavy (non-hydrogen) atoms. The van der Waals surface area contributed by atoms with Crippen LogP contribution in [-0.2, 0) is 30.0 Å². The van der Waals surface area contributed by atoms with Gasteiger partial charge in [0.15, 0.2) is 0 Å². The average molecular weight is 380 g/mol. The maximum Gasteiger partial charge on any atom is 0.300 e. The Morgan fingerprint density at radius 2 is 1.67 bits per heavy atom. The zero-order valence-corrected chi connectivity index (χ0v) is 13.3. The van der Waals surface area contributed by atoms with E-state index in [0.29, 0.717) is 0 Å². The van der Waals surface area contributed by atoms with E-state index in [9.17, 15) is 4.79 Å². The molecule has 0 spiro atoms. The van der Waals surface area contributed by atoms with Crippen molar-refractivity contribution in [3.05, 3.63) is 66.3 Å². The van der Waals surface area contributed by atoms with Crippen molar-refractivity contribution in [1.29, 1.82) is 0 Å². The van der Waals surface area contributed by atoms with E-state index in [-0.39, 0.29) is 26.3 Å². The zero-order valence-electron chi connectivity index (χ0n) is 11.7. The molecule has 6 heteroatoms. The third-order valence-electron chi connectivity index (χ3n) is 1.61. The number of benzene rings is 1. The monoisotopic (exact) mass is 379 g/mol. The fourth-order valence-electron chi connectivity index (χ4n) is 0.997. The molecule has 0 aliphatic rings. The van der Waals surface area contributed by atoms with Gasteiger partial charge in [0.25, 0.3) is 5.97 Å². The fourth-order valence-corrected chi connectivity index (χ4v) is 0.997. The molecule has 0 atom stereocenters. The molecule has 0 aliphatic heterocycles. The number of carbonyl (C=O) groups is 2. The van der Waals surface area contributed by atoms with E-state index in [2.05, 4.69) is 9.98 Å². The van der Waals surface area contributed by atoms with Gasteiger partial charge in [-0.15, -0.1) is 12.1 Å². The number of carbonyl (C=O) groups excluding carboxylic acids is 1. The Morgan fingerprint density at radius 3 is 1.95 bits per heavy atom. The summed E-state index contributed by atoms with van der Waals surface area (Å²) in [5, 5.41) is 8.13. The predicted molar refractivity (Wildman–Crippen MR) is 75.8 cm³/mol. The Kier molecular flexibility index (Phi) is 14.6. The third-order valence-corrected chi connectivity index (χ3v) is 1.61. The molecule has 0 saturated carbocycles. The first-order valence-corrected chi connectivity index (χ1v) is 5.84. The van der Waals surface area contributed by atoms with Crippen LogP contribution in [0.25, 0.3) is 0 Å². The summed E-state index contributed by atoms with van der Waals surface area (Å²) in [7, 11) is 0. The van der Waals surface area contributed by atoms with Gasteiger partial charge in [0.05, 0.1) is 0 Å². The van der Waals surface area contributed by atoms with Crippen LogP contribution in [0.3, 0.4) is 0 Å². The van der Waals surface area contributed by atoms with Crippen LogP contribution in [0.4, 0.5) is 0 Å². The number of amides is 1. The molecule has 1 aromatic carbocycles. The van der Waals surface area contributed by atoms with Gasteiger partial charge in [-0.2, -0.15) is 18.2 Å². The van der Waals surface area contributed by atoms with Crippen LogP contribution >= 0.6 is 0 Å². The molecule has 0 radical (unpaired) electrons. The van der Waals surface area contributed by atoms with Crippen molar-refractivity contribution in [3.63, 3.8) is 0 Å². The number of pyridine rings is 1. The van der Waals surface area contributed by atoms with Gasteiger partial charge in [-0.1, -0.05) is 6.07 Å². The molecule has 2 rings (SSSR count). The quantitative estimate of drug-likeness (QED) is 0.561. The summed E-state index contributed by atoms with van der Waals surface area (Å²) in [4.78, 5) is 27.0. The molecule has 0 unspecified atom stereocenters. The van der Waals surface area contributed by atoms with Crippen LogP contribution in [0, 0.1) is 0 Å².